The van der Waals surface area contributed by atoms with Crippen LogP contribution in [0.25, 0.3) is 0 Å². The molecule has 0 aliphatic carbocycles. The monoisotopic (exact) mass is 430 g/mol. The minimum absolute atomic E-state index is 0.0606. The van der Waals surface area contributed by atoms with E-state index >= 15 is 0 Å². The van der Waals surface area contributed by atoms with Gasteiger partial charge in [-0.2, -0.15) is 0 Å². The van der Waals surface area contributed by atoms with Gasteiger partial charge in [-0.05, 0) is 37.8 Å². The SMILES string of the molecule is CCC(=O)N1CCc2c(nc([C@H]3CCCCN3C(=O)c3ccc(OC)s3)[nH]c2=O)C1. The van der Waals surface area contributed by atoms with E-state index in [9.17, 15) is 14.4 Å². The third-order valence-corrected chi connectivity index (χ3v) is 6.85. The zero-order valence-electron chi connectivity index (χ0n) is 17.3. The van der Waals surface area contributed by atoms with E-state index in [1.165, 1.54) is 11.3 Å². The summed E-state index contributed by atoms with van der Waals surface area (Å²) in [6.45, 7) is 3.34. The number of H-pyrrole nitrogens is 1. The lowest BCUT2D eigenvalue weighted by molar-refractivity contribution is -0.131. The van der Waals surface area contributed by atoms with Crippen LogP contribution in [0.4, 0.5) is 0 Å². The second-order valence-electron chi connectivity index (χ2n) is 7.63. The molecule has 4 rings (SSSR count). The van der Waals surface area contributed by atoms with Crippen LogP contribution in [0.5, 0.6) is 5.06 Å². The van der Waals surface area contributed by atoms with Crippen molar-refractivity contribution in [3.05, 3.63) is 44.4 Å². The molecule has 0 radical (unpaired) electrons. The Balaban J connectivity index is 1.64. The molecule has 2 amide bonds. The van der Waals surface area contributed by atoms with Crippen LogP contribution in [-0.2, 0) is 17.8 Å². The van der Waals surface area contributed by atoms with Crippen LogP contribution >= 0.6 is 11.3 Å². The Bertz CT molecular complexity index is 1010. The number of nitrogens with one attached hydrogen (secondary N) is 1. The molecular formula is C21H26N4O4S. The van der Waals surface area contributed by atoms with Gasteiger partial charge in [0.2, 0.25) is 5.91 Å². The molecule has 8 nitrogen and oxygen atoms in total. The quantitative estimate of drug-likeness (QED) is 0.804. The summed E-state index contributed by atoms with van der Waals surface area (Å²) >= 11 is 1.31. The molecule has 30 heavy (non-hydrogen) atoms. The molecule has 0 unspecified atom stereocenters. The maximum absolute atomic E-state index is 13.2. The van der Waals surface area contributed by atoms with Crippen molar-refractivity contribution in [2.75, 3.05) is 20.2 Å². The maximum atomic E-state index is 13.2. The van der Waals surface area contributed by atoms with Crippen LogP contribution in [0.1, 0.15) is 65.4 Å². The van der Waals surface area contributed by atoms with E-state index in [1.807, 2.05) is 6.92 Å². The van der Waals surface area contributed by atoms with Crippen LogP contribution < -0.4 is 10.3 Å². The van der Waals surface area contributed by atoms with Gasteiger partial charge in [0, 0.05) is 25.1 Å². The predicted octanol–water partition coefficient (Wildman–Crippen LogP) is 2.50. The minimum atomic E-state index is -0.283. The molecule has 1 atom stereocenters. The number of amides is 2. The molecule has 0 aromatic carbocycles. The molecule has 2 aliphatic rings. The molecule has 160 valence electrons. The van der Waals surface area contributed by atoms with Gasteiger partial charge in [-0.1, -0.05) is 18.3 Å². The molecule has 4 heterocycles. The van der Waals surface area contributed by atoms with Gasteiger partial charge in [0.25, 0.3) is 11.5 Å². The summed E-state index contributed by atoms with van der Waals surface area (Å²) in [6, 6.07) is 3.28. The van der Waals surface area contributed by atoms with Gasteiger partial charge < -0.3 is 19.5 Å². The molecule has 0 bridgehead atoms. The average molecular weight is 431 g/mol. The highest BCUT2D eigenvalue weighted by molar-refractivity contribution is 7.15. The van der Waals surface area contributed by atoms with E-state index in [2.05, 4.69) is 4.98 Å². The Labute approximate surface area is 178 Å². The number of hydrogen-bond acceptors (Lipinski definition) is 6. The summed E-state index contributed by atoms with van der Waals surface area (Å²) in [5.74, 6) is 0.502. The first-order chi connectivity index (χ1) is 14.5. The average Bonchev–Trinajstić information content (AvgIpc) is 3.27. The largest absolute Gasteiger partial charge is 0.487 e. The molecule has 2 aromatic heterocycles. The summed E-state index contributed by atoms with van der Waals surface area (Å²) in [7, 11) is 1.58. The van der Waals surface area contributed by atoms with E-state index in [1.54, 1.807) is 29.0 Å². The first kappa shape index (κ1) is 20.6. The lowest BCUT2D eigenvalue weighted by atomic mass is 10.00. The number of aromatic amines is 1. The molecule has 1 N–H and O–H groups in total. The van der Waals surface area contributed by atoms with Gasteiger partial charge in [-0.3, -0.25) is 14.4 Å². The third-order valence-electron chi connectivity index (χ3n) is 5.82. The van der Waals surface area contributed by atoms with E-state index in [-0.39, 0.29) is 23.4 Å². The Hall–Kier alpha value is -2.68. The van der Waals surface area contributed by atoms with Crippen molar-refractivity contribution in [3.63, 3.8) is 0 Å². The second-order valence-corrected chi connectivity index (χ2v) is 8.67. The zero-order valence-corrected chi connectivity index (χ0v) is 18.1. The van der Waals surface area contributed by atoms with Crippen molar-refractivity contribution >= 4 is 23.2 Å². The topological polar surface area (TPSA) is 95.6 Å². The molecule has 2 aliphatic heterocycles. The van der Waals surface area contributed by atoms with Crippen LogP contribution in [-0.4, -0.2) is 51.8 Å². The molecule has 2 aromatic rings. The number of piperidine rings is 1. The van der Waals surface area contributed by atoms with Crippen LogP contribution in [0.3, 0.4) is 0 Å². The van der Waals surface area contributed by atoms with Gasteiger partial charge in [-0.15, -0.1) is 0 Å². The van der Waals surface area contributed by atoms with Crippen molar-refractivity contribution in [3.8, 4) is 5.06 Å². The minimum Gasteiger partial charge on any atom is -0.487 e. The number of nitrogens with zero attached hydrogens (tertiary/aromatic N) is 3. The van der Waals surface area contributed by atoms with Gasteiger partial charge in [0.15, 0.2) is 5.06 Å². The highest BCUT2D eigenvalue weighted by Crippen LogP contribution is 2.33. The molecule has 9 heteroatoms. The summed E-state index contributed by atoms with van der Waals surface area (Å²) in [6.07, 6.45) is 3.56. The van der Waals surface area contributed by atoms with Crippen molar-refractivity contribution < 1.29 is 14.3 Å². The van der Waals surface area contributed by atoms with Gasteiger partial charge >= 0.3 is 0 Å². The van der Waals surface area contributed by atoms with Crippen molar-refractivity contribution in [2.45, 2.75) is 51.6 Å². The number of likely N-dealkylation sites (tertiary alicyclic amines) is 1. The third kappa shape index (κ3) is 3.86. The summed E-state index contributed by atoms with van der Waals surface area (Å²) in [5, 5.41) is 0.688. The maximum Gasteiger partial charge on any atom is 0.264 e. The fourth-order valence-corrected chi connectivity index (χ4v) is 4.98. The molecular weight excluding hydrogens is 404 g/mol. The standard InChI is InChI=1S/C21H26N4O4S/c1-3-17(26)24-11-9-13-14(12-24)22-19(23-20(13)27)15-6-4-5-10-25(15)21(28)16-7-8-18(29-2)30-16/h7-8,15H,3-6,9-12H2,1-2H3,(H,22,23,27)/t15-/m1/s1. The second kappa shape index (κ2) is 8.59. The fraction of sp³-hybridized carbons (Fsp3) is 0.524. The van der Waals surface area contributed by atoms with E-state index in [0.29, 0.717) is 59.5 Å². The van der Waals surface area contributed by atoms with Gasteiger partial charge in [-0.25, -0.2) is 4.98 Å². The number of carbonyl (C=O) groups is 2. The highest BCUT2D eigenvalue weighted by atomic mass is 32.1. The van der Waals surface area contributed by atoms with E-state index < -0.39 is 0 Å². The number of aromatic nitrogens is 2. The van der Waals surface area contributed by atoms with Crippen molar-refractivity contribution in [1.29, 1.82) is 0 Å². The molecule has 0 saturated carbocycles. The Morgan fingerprint density at radius 1 is 1.30 bits per heavy atom. The number of rotatable bonds is 4. The molecule has 1 saturated heterocycles. The lowest BCUT2D eigenvalue weighted by Gasteiger charge is -2.35. The zero-order chi connectivity index (χ0) is 21.3. The predicted molar refractivity (Wildman–Crippen MR) is 113 cm³/mol. The van der Waals surface area contributed by atoms with Crippen molar-refractivity contribution in [2.24, 2.45) is 0 Å². The normalized spacial score (nSPS) is 18.8. The summed E-state index contributed by atoms with van der Waals surface area (Å²) in [4.78, 5) is 49.9. The van der Waals surface area contributed by atoms with E-state index in [0.717, 1.165) is 19.3 Å². The Kier molecular flexibility index (Phi) is 5.90. The molecule has 0 spiro atoms. The van der Waals surface area contributed by atoms with Crippen molar-refractivity contribution in [1.82, 2.24) is 19.8 Å². The Morgan fingerprint density at radius 3 is 2.87 bits per heavy atom. The summed E-state index contributed by atoms with van der Waals surface area (Å²) in [5.41, 5.74) is 1.14. The lowest BCUT2D eigenvalue weighted by Crippen LogP contribution is -2.42. The number of fused-ring (bicyclic) bond motifs is 1. The smallest absolute Gasteiger partial charge is 0.264 e. The molecule has 1 fully saturated rings. The first-order valence-electron chi connectivity index (χ1n) is 10.4. The first-order valence-corrected chi connectivity index (χ1v) is 11.2. The van der Waals surface area contributed by atoms with Crippen LogP contribution in [0.15, 0.2) is 16.9 Å². The van der Waals surface area contributed by atoms with Gasteiger partial charge in [0.1, 0.15) is 5.82 Å². The number of methoxy groups -OCH3 is 1. The summed E-state index contributed by atoms with van der Waals surface area (Å²) < 4.78 is 5.22. The number of thiophene rings is 1. The van der Waals surface area contributed by atoms with Crippen LogP contribution in [0.2, 0.25) is 0 Å². The van der Waals surface area contributed by atoms with Gasteiger partial charge in [0.05, 0.1) is 30.3 Å². The number of carbonyl (C=O) groups excluding carboxylic acids is 2. The highest BCUT2D eigenvalue weighted by Gasteiger charge is 2.33. The van der Waals surface area contributed by atoms with E-state index in [4.69, 9.17) is 9.72 Å². The number of hydrogen-bond donors (Lipinski definition) is 1. The fourth-order valence-electron chi connectivity index (χ4n) is 4.20. The Morgan fingerprint density at radius 2 is 2.13 bits per heavy atom. The van der Waals surface area contributed by atoms with Crippen LogP contribution in [0, 0.1) is 0 Å². The number of ether oxygens (including phenoxy) is 1.